The number of dihydropyridines is 1. The summed E-state index contributed by atoms with van der Waals surface area (Å²) < 4.78 is 5.52. The highest BCUT2D eigenvalue weighted by Gasteiger charge is 2.26. The largest absolute Gasteiger partial charge is 0.381 e. The molecule has 0 bridgehead atoms. The number of hydrogen-bond donors (Lipinski definition) is 1. The van der Waals surface area contributed by atoms with Crippen LogP contribution in [-0.2, 0) is 9.53 Å². The Morgan fingerprint density at radius 3 is 2.61 bits per heavy atom. The fraction of sp³-hybridized carbons (Fsp3) is 0.480. The van der Waals surface area contributed by atoms with Gasteiger partial charge in [-0.25, -0.2) is 4.99 Å². The topological polar surface area (TPSA) is 71.0 Å². The van der Waals surface area contributed by atoms with E-state index in [2.05, 4.69) is 28.1 Å². The second-order valence-electron chi connectivity index (χ2n) is 8.18. The zero-order chi connectivity index (χ0) is 22.5. The summed E-state index contributed by atoms with van der Waals surface area (Å²) in [7, 11) is 0. The summed E-state index contributed by atoms with van der Waals surface area (Å²) >= 11 is 0. The van der Waals surface area contributed by atoms with Crippen LogP contribution < -0.4 is 10.2 Å². The van der Waals surface area contributed by atoms with Crippen molar-refractivity contribution in [1.82, 2.24) is 5.32 Å². The van der Waals surface area contributed by atoms with E-state index in [1.807, 2.05) is 26.0 Å². The van der Waals surface area contributed by atoms with Crippen LogP contribution in [0.4, 0.5) is 5.69 Å². The molecule has 2 aliphatic rings. The van der Waals surface area contributed by atoms with Crippen molar-refractivity contribution in [2.75, 3.05) is 31.2 Å². The number of ether oxygens (including phenoxy) is 1. The third kappa shape index (κ3) is 5.05. The van der Waals surface area contributed by atoms with Crippen molar-refractivity contribution in [3.8, 4) is 12.3 Å². The number of nitrogens with zero attached hydrogens (tertiary/aromatic N) is 2. The lowest BCUT2D eigenvalue weighted by atomic mass is 9.95. The Morgan fingerprint density at radius 2 is 2.00 bits per heavy atom. The van der Waals surface area contributed by atoms with Gasteiger partial charge in [0, 0.05) is 54.9 Å². The first kappa shape index (κ1) is 22.8. The molecule has 6 nitrogen and oxygen atoms in total. The molecular weight excluding hydrogens is 390 g/mol. The Morgan fingerprint density at radius 1 is 1.29 bits per heavy atom. The predicted molar refractivity (Wildman–Crippen MR) is 124 cm³/mol. The zero-order valence-electron chi connectivity index (χ0n) is 18.8. The average Bonchev–Trinajstić information content (AvgIpc) is 2.75. The molecule has 1 aromatic carbocycles. The van der Waals surface area contributed by atoms with Gasteiger partial charge in [0.1, 0.15) is 0 Å². The molecule has 2 amide bonds. The Labute approximate surface area is 184 Å². The van der Waals surface area contributed by atoms with E-state index in [4.69, 9.17) is 11.2 Å². The Kier molecular flexibility index (Phi) is 7.29. The maximum Gasteiger partial charge on any atom is 0.254 e. The highest BCUT2D eigenvalue weighted by Crippen LogP contribution is 2.30. The van der Waals surface area contributed by atoms with Crippen LogP contribution in [0.3, 0.4) is 0 Å². The second-order valence-corrected chi connectivity index (χ2v) is 8.18. The molecule has 1 atom stereocenters. The number of carbonyl (C=O) groups excluding carboxylic acids is 2. The lowest BCUT2D eigenvalue weighted by Crippen LogP contribution is -2.40. The van der Waals surface area contributed by atoms with Gasteiger partial charge in [0.05, 0.1) is 5.92 Å². The molecule has 0 spiro atoms. The van der Waals surface area contributed by atoms with Crippen LogP contribution in [0.15, 0.2) is 28.8 Å². The van der Waals surface area contributed by atoms with Crippen LogP contribution >= 0.6 is 0 Å². The molecule has 2 heterocycles. The fourth-order valence-electron chi connectivity index (χ4n) is 4.39. The number of aliphatic imine (C=N–C) groups is 1. The normalized spacial score (nSPS) is 19.3. The van der Waals surface area contributed by atoms with E-state index in [-0.39, 0.29) is 18.4 Å². The van der Waals surface area contributed by atoms with Gasteiger partial charge in [-0.3, -0.25) is 9.59 Å². The van der Waals surface area contributed by atoms with Crippen molar-refractivity contribution in [3.63, 3.8) is 0 Å². The first-order valence-corrected chi connectivity index (χ1v) is 10.9. The number of terminal acetylenes is 1. The van der Waals surface area contributed by atoms with Crippen LogP contribution in [0, 0.1) is 25.2 Å². The van der Waals surface area contributed by atoms with Gasteiger partial charge in [0.25, 0.3) is 11.8 Å². The molecule has 0 radical (unpaired) electrons. The number of benzene rings is 1. The van der Waals surface area contributed by atoms with Gasteiger partial charge in [-0.05, 0) is 64.3 Å². The van der Waals surface area contributed by atoms with Crippen LogP contribution in [0.2, 0.25) is 0 Å². The van der Waals surface area contributed by atoms with Crippen LogP contribution in [0.25, 0.3) is 0 Å². The predicted octanol–water partition coefficient (Wildman–Crippen LogP) is 3.28. The minimum Gasteiger partial charge on any atom is -0.381 e. The van der Waals surface area contributed by atoms with Gasteiger partial charge in [0.2, 0.25) is 0 Å². The van der Waals surface area contributed by atoms with Gasteiger partial charge in [-0.2, -0.15) is 0 Å². The van der Waals surface area contributed by atoms with Crippen molar-refractivity contribution < 1.29 is 14.3 Å². The lowest BCUT2D eigenvalue weighted by molar-refractivity contribution is -0.120. The first-order chi connectivity index (χ1) is 14.8. The molecule has 1 fully saturated rings. The summed E-state index contributed by atoms with van der Waals surface area (Å²) in [5.41, 5.74) is 4.69. The monoisotopic (exact) mass is 421 g/mol. The number of hydrogen-bond acceptors (Lipinski definition) is 4. The molecule has 31 heavy (non-hydrogen) atoms. The molecule has 0 aliphatic carbocycles. The molecule has 164 valence electrons. The van der Waals surface area contributed by atoms with Gasteiger partial charge in [-0.1, -0.05) is 11.5 Å². The molecule has 0 saturated carbocycles. The molecular formula is C25H31N3O3. The van der Waals surface area contributed by atoms with Crippen molar-refractivity contribution >= 4 is 23.2 Å². The van der Waals surface area contributed by atoms with Gasteiger partial charge < -0.3 is 15.0 Å². The minimum atomic E-state index is -0.433. The van der Waals surface area contributed by atoms with Crippen LogP contribution in [0.5, 0.6) is 0 Å². The zero-order valence-corrected chi connectivity index (χ0v) is 18.8. The summed E-state index contributed by atoms with van der Waals surface area (Å²) in [4.78, 5) is 31.7. The fourth-order valence-corrected chi connectivity index (χ4v) is 4.39. The smallest absolute Gasteiger partial charge is 0.254 e. The number of rotatable bonds is 6. The lowest BCUT2D eigenvalue weighted by Gasteiger charge is -2.36. The van der Waals surface area contributed by atoms with Gasteiger partial charge in [-0.15, -0.1) is 6.42 Å². The third-order valence-corrected chi connectivity index (χ3v) is 6.11. The van der Waals surface area contributed by atoms with E-state index in [9.17, 15) is 9.59 Å². The van der Waals surface area contributed by atoms with Gasteiger partial charge in [0.15, 0.2) is 0 Å². The van der Waals surface area contributed by atoms with Crippen molar-refractivity contribution in [1.29, 1.82) is 0 Å². The molecule has 2 aliphatic heterocycles. The molecule has 1 N–H and O–H groups in total. The number of carbonyl (C=O) groups is 2. The van der Waals surface area contributed by atoms with Crippen LogP contribution in [-0.4, -0.2) is 49.9 Å². The first-order valence-electron chi connectivity index (χ1n) is 10.9. The Bertz CT molecular complexity index is 965. The molecule has 0 aromatic heterocycles. The summed E-state index contributed by atoms with van der Waals surface area (Å²) in [6, 6.07) is 4.09. The summed E-state index contributed by atoms with van der Waals surface area (Å²) in [5, 5.41) is 2.92. The highest BCUT2D eigenvalue weighted by molar-refractivity contribution is 6.06. The van der Waals surface area contributed by atoms with E-state index < -0.39 is 5.92 Å². The minimum absolute atomic E-state index is 0.212. The molecule has 3 rings (SSSR count). The Hall–Kier alpha value is -2.91. The maximum absolute atomic E-state index is 13.1. The van der Waals surface area contributed by atoms with Crippen molar-refractivity contribution in [2.24, 2.45) is 10.9 Å². The van der Waals surface area contributed by atoms with Crippen molar-refractivity contribution in [2.45, 2.75) is 46.6 Å². The van der Waals surface area contributed by atoms with Gasteiger partial charge >= 0.3 is 0 Å². The summed E-state index contributed by atoms with van der Waals surface area (Å²) in [6.07, 6.45) is 9.49. The van der Waals surface area contributed by atoms with E-state index >= 15 is 0 Å². The molecule has 6 heteroatoms. The van der Waals surface area contributed by atoms with E-state index in [0.29, 0.717) is 22.9 Å². The third-order valence-electron chi connectivity index (χ3n) is 6.11. The van der Waals surface area contributed by atoms with E-state index in [0.717, 1.165) is 49.4 Å². The van der Waals surface area contributed by atoms with E-state index in [1.165, 1.54) is 0 Å². The number of amides is 2. The SMILES string of the molecule is C#Cc1cc(C(=O)NCC2C(=O)N=C(C)C=C2C)c(C)c(N(CC)C2CCOCC2)c1. The molecule has 1 saturated heterocycles. The number of nitrogens with one attached hydrogen (secondary N) is 1. The molecule has 1 unspecified atom stereocenters. The number of anilines is 1. The average molecular weight is 422 g/mol. The maximum atomic E-state index is 13.1. The highest BCUT2D eigenvalue weighted by atomic mass is 16.5. The molecule has 1 aromatic rings. The van der Waals surface area contributed by atoms with E-state index in [1.54, 1.807) is 13.0 Å². The number of allylic oxidation sites excluding steroid dienone is 1. The summed E-state index contributed by atoms with van der Waals surface area (Å²) in [6.45, 7) is 10.3. The summed E-state index contributed by atoms with van der Waals surface area (Å²) in [5.74, 6) is 1.80. The quantitative estimate of drug-likeness (QED) is 0.716. The van der Waals surface area contributed by atoms with Crippen molar-refractivity contribution in [3.05, 3.63) is 40.5 Å². The Balaban J connectivity index is 1.84. The van der Waals surface area contributed by atoms with Crippen LogP contribution in [0.1, 0.15) is 55.1 Å². The second kappa shape index (κ2) is 9.93. The standard InChI is InChI=1S/C25H31N3O3/c1-6-19-13-21(24(29)26-15-22-16(3)12-17(4)27-25(22)30)18(5)23(14-19)28(7-2)20-8-10-31-11-9-20/h1,12-14,20,22H,7-11,15H2,2-5H3,(H,26,29).